The molecule has 2 aromatic rings. The van der Waals surface area contributed by atoms with Gasteiger partial charge in [0.2, 0.25) is 5.78 Å². The third-order valence-corrected chi connectivity index (χ3v) is 4.41. The van der Waals surface area contributed by atoms with E-state index in [0.29, 0.717) is 0 Å². The SMILES string of the molecule is COc1cc(N)c(Cl)cc1C(=O)OCC(=O)c1cc(C)n(CC(F)(F)F)c1C. The van der Waals surface area contributed by atoms with E-state index in [2.05, 4.69) is 0 Å². The van der Waals surface area contributed by atoms with Crippen molar-refractivity contribution in [3.63, 3.8) is 0 Å². The summed E-state index contributed by atoms with van der Waals surface area (Å²) in [7, 11) is 1.32. The number of aryl methyl sites for hydroxylation is 1. The lowest BCUT2D eigenvalue weighted by Crippen LogP contribution is -2.20. The lowest BCUT2D eigenvalue weighted by atomic mass is 10.1. The Morgan fingerprint density at radius 2 is 1.82 bits per heavy atom. The van der Waals surface area contributed by atoms with Gasteiger partial charge in [0.25, 0.3) is 0 Å². The Hall–Kier alpha value is -2.68. The number of nitrogen functional groups attached to an aromatic ring is 1. The number of ether oxygens (including phenoxy) is 2. The zero-order valence-corrected chi connectivity index (χ0v) is 16.1. The second-order valence-electron chi connectivity index (χ2n) is 6.06. The molecule has 6 nitrogen and oxygen atoms in total. The number of ketones is 1. The van der Waals surface area contributed by atoms with Gasteiger partial charge in [-0.3, -0.25) is 4.79 Å². The molecule has 0 unspecified atom stereocenters. The van der Waals surface area contributed by atoms with Crippen LogP contribution in [-0.2, 0) is 11.3 Å². The summed E-state index contributed by atoms with van der Waals surface area (Å²) in [6, 6.07) is 3.92. The highest BCUT2D eigenvalue weighted by molar-refractivity contribution is 6.33. The molecule has 0 saturated carbocycles. The number of benzene rings is 1. The summed E-state index contributed by atoms with van der Waals surface area (Å²) < 4.78 is 49.1. The molecule has 28 heavy (non-hydrogen) atoms. The summed E-state index contributed by atoms with van der Waals surface area (Å²) in [5.41, 5.74) is 6.28. The second kappa shape index (κ2) is 8.14. The Kier molecular flexibility index (Phi) is 6.28. The van der Waals surface area contributed by atoms with Gasteiger partial charge in [0, 0.05) is 23.0 Å². The van der Waals surface area contributed by atoms with Crippen LogP contribution in [0.2, 0.25) is 5.02 Å². The van der Waals surface area contributed by atoms with Crippen LogP contribution >= 0.6 is 11.6 Å². The van der Waals surface area contributed by atoms with Crippen molar-refractivity contribution in [3.05, 3.63) is 45.7 Å². The Bertz CT molecular complexity index is 923. The van der Waals surface area contributed by atoms with Gasteiger partial charge >= 0.3 is 12.1 Å². The zero-order chi connectivity index (χ0) is 21.2. The summed E-state index contributed by atoms with van der Waals surface area (Å²) in [5.74, 6) is -1.39. The number of aromatic nitrogens is 1. The Balaban J connectivity index is 2.16. The molecule has 0 aliphatic carbocycles. The number of nitrogens with zero attached hydrogens (tertiary/aromatic N) is 1. The fourth-order valence-electron chi connectivity index (χ4n) is 2.69. The van der Waals surface area contributed by atoms with E-state index in [-0.39, 0.29) is 39.0 Å². The predicted octanol–water partition coefficient (Wildman–Crippen LogP) is 3.95. The molecule has 0 amide bonds. The lowest BCUT2D eigenvalue weighted by Gasteiger charge is -2.12. The van der Waals surface area contributed by atoms with Crippen molar-refractivity contribution in [2.24, 2.45) is 0 Å². The van der Waals surface area contributed by atoms with E-state index in [1.807, 2.05) is 0 Å². The second-order valence-corrected chi connectivity index (χ2v) is 6.47. The molecular formula is C18H18ClF3N2O4. The normalized spacial score (nSPS) is 11.4. The van der Waals surface area contributed by atoms with E-state index in [9.17, 15) is 22.8 Å². The van der Waals surface area contributed by atoms with Crippen LogP contribution in [0.4, 0.5) is 18.9 Å². The molecule has 1 heterocycles. The molecule has 1 aromatic carbocycles. The smallest absolute Gasteiger partial charge is 0.406 e. The molecule has 0 radical (unpaired) electrons. The van der Waals surface area contributed by atoms with Gasteiger partial charge in [-0.25, -0.2) is 4.79 Å². The first-order valence-electron chi connectivity index (χ1n) is 8.01. The predicted molar refractivity (Wildman–Crippen MR) is 97.0 cm³/mol. The summed E-state index contributed by atoms with van der Waals surface area (Å²) in [6.07, 6.45) is -4.42. The number of hydrogen-bond acceptors (Lipinski definition) is 5. The lowest BCUT2D eigenvalue weighted by molar-refractivity contribution is -0.141. The molecule has 152 valence electrons. The molecular weight excluding hydrogens is 401 g/mol. The molecule has 0 fully saturated rings. The number of nitrogens with two attached hydrogens (primary N) is 1. The van der Waals surface area contributed by atoms with Gasteiger partial charge < -0.3 is 19.8 Å². The summed E-state index contributed by atoms with van der Waals surface area (Å²) in [5, 5.41) is 0.106. The monoisotopic (exact) mass is 418 g/mol. The first kappa shape index (κ1) is 21.6. The number of anilines is 1. The average Bonchev–Trinajstić information content (AvgIpc) is 2.88. The fraction of sp³-hybridized carbons (Fsp3) is 0.333. The topological polar surface area (TPSA) is 83.6 Å². The highest BCUT2D eigenvalue weighted by Gasteiger charge is 2.30. The van der Waals surface area contributed by atoms with Crippen LogP contribution in [0.15, 0.2) is 18.2 Å². The average molecular weight is 419 g/mol. The molecule has 0 aliphatic rings. The maximum atomic E-state index is 12.7. The van der Waals surface area contributed by atoms with Crippen molar-refractivity contribution < 1.29 is 32.2 Å². The van der Waals surface area contributed by atoms with Gasteiger partial charge in [0.05, 0.1) is 17.8 Å². The molecule has 2 N–H and O–H groups in total. The maximum absolute atomic E-state index is 12.7. The van der Waals surface area contributed by atoms with Gasteiger partial charge in [0.15, 0.2) is 6.61 Å². The standard InChI is InChI=1S/C18H18ClF3N2O4/c1-9-4-11(10(2)24(9)8-18(20,21)22)15(25)7-28-17(26)12-5-13(19)14(23)6-16(12)27-3/h4-6H,7-8,23H2,1-3H3. The van der Waals surface area contributed by atoms with Crippen LogP contribution in [0.1, 0.15) is 32.1 Å². The third-order valence-electron chi connectivity index (χ3n) is 4.08. The number of halogens is 4. The highest BCUT2D eigenvalue weighted by atomic mass is 35.5. The minimum Gasteiger partial charge on any atom is -0.496 e. The van der Waals surface area contributed by atoms with Gasteiger partial charge in [0.1, 0.15) is 17.9 Å². The van der Waals surface area contributed by atoms with Crippen molar-refractivity contribution in [2.75, 3.05) is 19.5 Å². The molecule has 1 aromatic heterocycles. The first-order chi connectivity index (χ1) is 12.9. The molecule has 10 heteroatoms. The number of rotatable bonds is 6. The molecule has 0 aliphatic heterocycles. The number of esters is 1. The van der Waals surface area contributed by atoms with Gasteiger partial charge in [-0.1, -0.05) is 11.6 Å². The number of alkyl halides is 3. The molecule has 0 spiro atoms. The molecule has 0 atom stereocenters. The molecule has 0 bridgehead atoms. The van der Waals surface area contributed by atoms with Crippen molar-refractivity contribution >= 4 is 29.0 Å². The Labute approximate surface area is 164 Å². The minimum atomic E-state index is -4.42. The number of Topliss-reactive ketones (excluding diaryl/α,β-unsaturated/α-hetero) is 1. The van der Waals surface area contributed by atoms with Gasteiger partial charge in [-0.05, 0) is 26.0 Å². The van der Waals surface area contributed by atoms with E-state index in [1.54, 1.807) is 0 Å². The summed E-state index contributed by atoms with van der Waals surface area (Å²) in [4.78, 5) is 24.6. The van der Waals surface area contributed by atoms with Crippen LogP contribution in [0.5, 0.6) is 5.75 Å². The van der Waals surface area contributed by atoms with E-state index in [0.717, 1.165) is 4.57 Å². The van der Waals surface area contributed by atoms with E-state index < -0.39 is 31.1 Å². The van der Waals surface area contributed by atoms with Crippen LogP contribution in [0, 0.1) is 13.8 Å². The van der Waals surface area contributed by atoms with Crippen molar-refractivity contribution in [2.45, 2.75) is 26.6 Å². The van der Waals surface area contributed by atoms with Gasteiger partial charge in [-0.2, -0.15) is 13.2 Å². The minimum absolute atomic E-state index is 0.0305. The van der Waals surface area contributed by atoms with Crippen LogP contribution < -0.4 is 10.5 Å². The number of methoxy groups -OCH3 is 1. The first-order valence-corrected chi connectivity index (χ1v) is 8.39. The van der Waals surface area contributed by atoms with E-state index in [4.69, 9.17) is 26.8 Å². The summed E-state index contributed by atoms with van der Waals surface area (Å²) in [6.45, 7) is 0.999. The molecule has 0 saturated heterocycles. The number of hydrogen-bond donors (Lipinski definition) is 1. The van der Waals surface area contributed by atoms with Crippen molar-refractivity contribution in [3.8, 4) is 5.75 Å². The van der Waals surface area contributed by atoms with Crippen LogP contribution in [0.3, 0.4) is 0 Å². The van der Waals surface area contributed by atoms with Crippen molar-refractivity contribution in [1.82, 2.24) is 4.57 Å². The highest BCUT2D eigenvalue weighted by Crippen LogP contribution is 2.29. The number of carbonyl (C=O) groups is 2. The van der Waals surface area contributed by atoms with Gasteiger partial charge in [-0.15, -0.1) is 0 Å². The van der Waals surface area contributed by atoms with E-state index in [1.165, 1.54) is 39.2 Å². The van der Waals surface area contributed by atoms with Crippen molar-refractivity contribution in [1.29, 1.82) is 0 Å². The maximum Gasteiger partial charge on any atom is 0.406 e. The Morgan fingerprint density at radius 3 is 2.39 bits per heavy atom. The van der Waals surface area contributed by atoms with Crippen LogP contribution in [0.25, 0.3) is 0 Å². The Morgan fingerprint density at radius 1 is 1.18 bits per heavy atom. The van der Waals surface area contributed by atoms with Crippen LogP contribution in [-0.4, -0.2) is 36.2 Å². The quantitative estimate of drug-likeness (QED) is 0.436. The fourth-order valence-corrected chi connectivity index (χ4v) is 2.85. The summed E-state index contributed by atoms with van der Waals surface area (Å²) >= 11 is 5.89. The molecule has 2 rings (SSSR count). The third kappa shape index (κ3) is 4.78. The zero-order valence-electron chi connectivity index (χ0n) is 15.3. The largest absolute Gasteiger partial charge is 0.496 e. The van der Waals surface area contributed by atoms with E-state index >= 15 is 0 Å². The number of carbonyl (C=O) groups excluding carboxylic acids is 2.